The SMILES string of the molecule is COc1ccc(N(C(=O)C2CC2)[C@@]2(S(=O)(=O)c3ccccc3)CCNC2)cc1. The maximum Gasteiger partial charge on any atom is 0.231 e. The molecule has 6 nitrogen and oxygen atoms in total. The van der Waals surface area contributed by atoms with Crippen LogP contribution in [-0.4, -0.2) is 39.4 Å². The van der Waals surface area contributed by atoms with Gasteiger partial charge in [-0.3, -0.25) is 9.69 Å². The normalized spacial score (nSPS) is 22.0. The highest BCUT2D eigenvalue weighted by Gasteiger charge is 2.55. The molecule has 2 aromatic rings. The van der Waals surface area contributed by atoms with E-state index in [1.807, 2.05) is 0 Å². The maximum atomic E-state index is 13.8. The molecule has 7 heteroatoms. The number of amides is 1. The highest BCUT2D eigenvalue weighted by atomic mass is 32.2. The number of ether oxygens (including phenoxy) is 1. The van der Waals surface area contributed by atoms with Crippen molar-refractivity contribution in [3.8, 4) is 5.75 Å². The first-order valence-electron chi connectivity index (χ1n) is 9.48. The van der Waals surface area contributed by atoms with Gasteiger partial charge in [-0.25, -0.2) is 8.42 Å². The van der Waals surface area contributed by atoms with Crippen LogP contribution in [0, 0.1) is 5.92 Å². The number of carbonyl (C=O) groups is 1. The molecule has 2 aromatic carbocycles. The van der Waals surface area contributed by atoms with E-state index in [0.29, 0.717) is 24.4 Å². The number of anilines is 1. The molecule has 1 atom stereocenters. The van der Waals surface area contributed by atoms with E-state index < -0.39 is 14.7 Å². The number of carbonyl (C=O) groups excluding carboxylic acids is 1. The van der Waals surface area contributed by atoms with E-state index in [2.05, 4.69) is 5.32 Å². The van der Waals surface area contributed by atoms with E-state index >= 15 is 0 Å². The number of sulfone groups is 1. The second kappa shape index (κ2) is 7.22. The van der Waals surface area contributed by atoms with Crippen LogP contribution in [0.3, 0.4) is 0 Å². The van der Waals surface area contributed by atoms with Crippen molar-refractivity contribution in [3.63, 3.8) is 0 Å². The van der Waals surface area contributed by atoms with Crippen LogP contribution in [0.15, 0.2) is 59.5 Å². The molecular formula is C21H24N2O4S. The van der Waals surface area contributed by atoms with Crippen LogP contribution in [0.5, 0.6) is 5.75 Å². The third-order valence-electron chi connectivity index (χ3n) is 5.53. The predicted molar refractivity (Wildman–Crippen MR) is 107 cm³/mol. The largest absolute Gasteiger partial charge is 0.497 e. The summed E-state index contributed by atoms with van der Waals surface area (Å²) in [6, 6.07) is 15.5. The third kappa shape index (κ3) is 3.08. The topological polar surface area (TPSA) is 75.7 Å². The fourth-order valence-electron chi connectivity index (χ4n) is 3.82. The Kier molecular flexibility index (Phi) is 4.89. The Hall–Kier alpha value is -2.38. The van der Waals surface area contributed by atoms with Crippen molar-refractivity contribution in [2.75, 3.05) is 25.1 Å². The Balaban J connectivity index is 1.86. The lowest BCUT2D eigenvalue weighted by molar-refractivity contribution is -0.120. The van der Waals surface area contributed by atoms with E-state index in [0.717, 1.165) is 12.8 Å². The van der Waals surface area contributed by atoms with Crippen molar-refractivity contribution in [1.82, 2.24) is 5.32 Å². The van der Waals surface area contributed by atoms with Gasteiger partial charge in [0.25, 0.3) is 0 Å². The monoisotopic (exact) mass is 400 g/mol. The molecule has 1 aliphatic heterocycles. The summed E-state index contributed by atoms with van der Waals surface area (Å²) < 4.78 is 32.8. The van der Waals surface area contributed by atoms with Gasteiger partial charge in [-0.15, -0.1) is 0 Å². The Labute approximate surface area is 165 Å². The van der Waals surface area contributed by atoms with Crippen molar-refractivity contribution >= 4 is 21.4 Å². The lowest BCUT2D eigenvalue weighted by atomic mass is 10.1. The minimum atomic E-state index is -3.80. The van der Waals surface area contributed by atoms with E-state index in [-0.39, 0.29) is 23.3 Å². The minimum Gasteiger partial charge on any atom is -0.497 e. The van der Waals surface area contributed by atoms with Crippen LogP contribution in [-0.2, 0) is 14.6 Å². The van der Waals surface area contributed by atoms with Crippen molar-refractivity contribution in [3.05, 3.63) is 54.6 Å². The Morgan fingerprint density at radius 3 is 2.32 bits per heavy atom. The smallest absolute Gasteiger partial charge is 0.231 e. The number of hydrogen-bond acceptors (Lipinski definition) is 5. The first-order chi connectivity index (χ1) is 13.5. The fraction of sp³-hybridized carbons (Fsp3) is 0.381. The first-order valence-corrected chi connectivity index (χ1v) is 11.0. The molecule has 1 saturated carbocycles. The number of hydrogen-bond donors (Lipinski definition) is 1. The van der Waals surface area contributed by atoms with Crippen LogP contribution in [0.1, 0.15) is 19.3 Å². The van der Waals surface area contributed by atoms with E-state index in [1.54, 1.807) is 61.7 Å². The molecule has 1 heterocycles. The summed E-state index contributed by atoms with van der Waals surface area (Å²) in [4.78, 5) is 13.8. The van der Waals surface area contributed by atoms with Crippen molar-refractivity contribution in [2.45, 2.75) is 29.0 Å². The average molecular weight is 401 g/mol. The Morgan fingerprint density at radius 2 is 1.79 bits per heavy atom. The Bertz CT molecular complexity index is 948. The standard InChI is InChI=1S/C21H24N2O4S/c1-27-18-11-9-17(10-12-18)23(20(24)16-7-8-16)21(13-14-22-15-21)28(25,26)19-5-3-2-4-6-19/h2-6,9-12,16,22H,7-8,13-15H2,1H3/t21-/m1/s1. The molecule has 1 aliphatic carbocycles. The van der Waals surface area contributed by atoms with Crippen LogP contribution in [0.25, 0.3) is 0 Å². The third-order valence-corrected chi connectivity index (χ3v) is 7.96. The summed E-state index contributed by atoms with van der Waals surface area (Å²) in [5, 5.41) is 3.18. The van der Waals surface area contributed by atoms with Crippen LogP contribution in [0.2, 0.25) is 0 Å². The molecule has 4 rings (SSSR count). The highest BCUT2D eigenvalue weighted by Crippen LogP contribution is 2.42. The van der Waals surface area contributed by atoms with Gasteiger partial charge in [0.2, 0.25) is 15.7 Å². The first kappa shape index (κ1) is 19.0. The van der Waals surface area contributed by atoms with E-state index in [9.17, 15) is 13.2 Å². The van der Waals surface area contributed by atoms with Crippen LogP contribution < -0.4 is 15.0 Å². The average Bonchev–Trinajstić information content (AvgIpc) is 3.47. The zero-order valence-electron chi connectivity index (χ0n) is 15.8. The summed E-state index contributed by atoms with van der Waals surface area (Å²) in [5.74, 6) is 0.436. The summed E-state index contributed by atoms with van der Waals surface area (Å²) in [6.07, 6.45) is 1.95. The molecule has 148 valence electrons. The second-order valence-corrected chi connectivity index (χ2v) is 9.57. The minimum absolute atomic E-state index is 0.106. The summed E-state index contributed by atoms with van der Waals surface area (Å²) in [5.41, 5.74) is 0.584. The molecule has 1 saturated heterocycles. The van der Waals surface area contributed by atoms with Gasteiger partial charge in [-0.05, 0) is 62.2 Å². The van der Waals surface area contributed by atoms with Crippen molar-refractivity contribution in [2.24, 2.45) is 5.92 Å². The quantitative estimate of drug-likeness (QED) is 0.807. The van der Waals surface area contributed by atoms with Crippen LogP contribution in [0.4, 0.5) is 5.69 Å². The molecule has 0 radical (unpaired) electrons. The lowest BCUT2D eigenvalue weighted by Crippen LogP contribution is -2.59. The number of nitrogens with one attached hydrogen (secondary N) is 1. The molecule has 28 heavy (non-hydrogen) atoms. The fourth-order valence-corrected chi connectivity index (χ4v) is 5.88. The summed E-state index contributed by atoms with van der Waals surface area (Å²) >= 11 is 0. The number of methoxy groups -OCH3 is 1. The molecular weight excluding hydrogens is 376 g/mol. The number of benzene rings is 2. The van der Waals surface area contributed by atoms with Gasteiger partial charge < -0.3 is 10.1 Å². The Morgan fingerprint density at radius 1 is 1.11 bits per heavy atom. The number of nitrogens with zero attached hydrogens (tertiary/aromatic N) is 1. The second-order valence-electron chi connectivity index (χ2n) is 7.34. The molecule has 0 unspecified atom stereocenters. The molecule has 0 aromatic heterocycles. The summed E-state index contributed by atoms with van der Waals surface area (Å²) in [7, 11) is -2.23. The van der Waals surface area contributed by atoms with Gasteiger partial charge in [0.1, 0.15) is 5.75 Å². The molecule has 0 spiro atoms. The predicted octanol–water partition coefficient (Wildman–Crippen LogP) is 2.60. The number of rotatable bonds is 6. The highest BCUT2D eigenvalue weighted by molar-refractivity contribution is 7.93. The van der Waals surface area contributed by atoms with Crippen molar-refractivity contribution in [1.29, 1.82) is 0 Å². The van der Waals surface area contributed by atoms with Crippen molar-refractivity contribution < 1.29 is 17.9 Å². The van der Waals surface area contributed by atoms with Gasteiger partial charge in [0.05, 0.1) is 12.0 Å². The van der Waals surface area contributed by atoms with Crippen LogP contribution >= 0.6 is 0 Å². The van der Waals surface area contributed by atoms with Gasteiger partial charge in [0.15, 0.2) is 4.87 Å². The maximum absolute atomic E-state index is 13.8. The van der Waals surface area contributed by atoms with E-state index in [4.69, 9.17) is 4.74 Å². The van der Waals surface area contributed by atoms with Gasteiger partial charge in [-0.1, -0.05) is 18.2 Å². The van der Waals surface area contributed by atoms with Gasteiger partial charge in [0, 0.05) is 18.2 Å². The zero-order valence-corrected chi connectivity index (χ0v) is 16.6. The molecule has 2 fully saturated rings. The molecule has 1 N–H and O–H groups in total. The molecule has 1 amide bonds. The molecule has 2 aliphatic rings. The summed E-state index contributed by atoms with van der Waals surface area (Å²) in [6.45, 7) is 0.741. The zero-order chi connectivity index (χ0) is 19.8. The lowest BCUT2D eigenvalue weighted by Gasteiger charge is -2.40. The van der Waals surface area contributed by atoms with Gasteiger partial charge in [-0.2, -0.15) is 0 Å². The van der Waals surface area contributed by atoms with E-state index in [1.165, 1.54) is 4.90 Å². The van der Waals surface area contributed by atoms with Gasteiger partial charge >= 0.3 is 0 Å². The molecule has 0 bridgehead atoms.